The molecule has 0 aromatic rings. The number of rotatable bonds is 3. The van der Waals surface area contributed by atoms with Crippen molar-refractivity contribution < 1.29 is 14.6 Å². The van der Waals surface area contributed by atoms with Crippen molar-refractivity contribution in [2.75, 3.05) is 6.61 Å². The van der Waals surface area contributed by atoms with E-state index in [4.69, 9.17) is 4.74 Å². The predicted molar refractivity (Wildman–Crippen MR) is 142 cm³/mol. The van der Waals surface area contributed by atoms with Crippen LogP contribution in [0.5, 0.6) is 0 Å². The molecular weight excluding hydrogens is 432 g/mol. The van der Waals surface area contributed by atoms with E-state index in [1.807, 2.05) is 0 Å². The van der Waals surface area contributed by atoms with Crippen molar-refractivity contribution in [1.29, 1.82) is 0 Å². The van der Waals surface area contributed by atoms with Crippen LogP contribution in [0.2, 0.25) is 0 Å². The van der Waals surface area contributed by atoms with Gasteiger partial charge in [-0.1, -0.05) is 48.1 Å². The van der Waals surface area contributed by atoms with E-state index >= 15 is 0 Å². The monoisotopic (exact) mass is 484 g/mol. The minimum atomic E-state index is -0.124. The average Bonchev–Trinajstić information content (AvgIpc) is 3.13. The van der Waals surface area contributed by atoms with Gasteiger partial charge in [0.1, 0.15) is 6.10 Å². The van der Waals surface area contributed by atoms with Crippen molar-refractivity contribution in [3.8, 4) is 0 Å². The van der Waals surface area contributed by atoms with Gasteiger partial charge in [-0.05, 0) is 121 Å². The van der Waals surface area contributed by atoms with Gasteiger partial charge in [-0.2, -0.15) is 0 Å². The summed E-state index contributed by atoms with van der Waals surface area (Å²) in [5.41, 5.74) is 2.55. The van der Waals surface area contributed by atoms with Gasteiger partial charge in [-0.3, -0.25) is 4.79 Å². The van der Waals surface area contributed by atoms with Crippen LogP contribution in [-0.2, 0) is 9.53 Å². The zero-order chi connectivity index (χ0) is 25.6. The van der Waals surface area contributed by atoms with Gasteiger partial charge < -0.3 is 9.84 Å². The first-order chi connectivity index (χ1) is 16.2. The first-order valence-electron chi connectivity index (χ1n) is 14.7. The molecule has 5 rings (SSSR count). The Morgan fingerprint density at radius 1 is 0.857 bits per heavy atom. The van der Waals surface area contributed by atoms with Crippen LogP contribution < -0.4 is 0 Å². The summed E-state index contributed by atoms with van der Waals surface area (Å²) in [5, 5.41) is 10.0. The van der Waals surface area contributed by atoms with Crippen LogP contribution >= 0.6 is 0 Å². The van der Waals surface area contributed by atoms with Gasteiger partial charge in [0.25, 0.3) is 0 Å². The van der Waals surface area contributed by atoms with E-state index < -0.39 is 0 Å². The quantitative estimate of drug-likeness (QED) is 0.332. The van der Waals surface area contributed by atoms with Crippen LogP contribution in [0.4, 0.5) is 0 Å². The van der Waals surface area contributed by atoms with Crippen molar-refractivity contribution in [3.63, 3.8) is 0 Å². The summed E-state index contributed by atoms with van der Waals surface area (Å²) >= 11 is 0. The molecule has 0 unspecified atom stereocenters. The molecule has 10 atom stereocenters. The smallest absolute Gasteiger partial charge is 0.302 e. The Hall–Kier alpha value is -0.830. The first kappa shape index (κ1) is 25.8. The second-order valence-electron chi connectivity index (χ2n) is 15.3. The molecule has 0 saturated heterocycles. The van der Waals surface area contributed by atoms with Crippen molar-refractivity contribution in [2.45, 2.75) is 119 Å². The number of aliphatic hydroxyl groups is 1. The number of carbonyl (C=O) groups is 1. The average molecular weight is 485 g/mol. The van der Waals surface area contributed by atoms with Gasteiger partial charge >= 0.3 is 5.97 Å². The highest BCUT2D eigenvalue weighted by Crippen LogP contribution is 2.77. The fourth-order valence-corrected chi connectivity index (χ4v) is 11.9. The maximum atomic E-state index is 11.9. The summed E-state index contributed by atoms with van der Waals surface area (Å²) < 4.78 is 5.90. The van der Waals surface area contributed by atoms with Crippen LogP contribution in [0.3, 0.4) is 0 Å². The minimum absolute atomic E-state index is 0.0261. The van der Waals surface area contributed by atoms with E-state index in [0.29, 0.717) is 39.4 Å². The molecule has 0 aromatic carbocycles. The van der Waals surface area contributed by atoms with E-state index in [1.165, 1.54) is 57.8 Å². The second-order valence-corrected chi connectivity index (χ2v) is 15.3. The van der Waals surface area contributed by atoms with Crippen molar-refractivity contribution >= 4 is 5.97 Å². The van der Waals surface area contributed by atoms with Crippen LogP contribution in [0.15, 0.2) is 12.2 Å². The summed E-state index contributed by atoms with van der Waals surface area (Å²) in [4.78, 5) is 11.9. The third kappa shape index (κ3) is 3.34. The molecule has 5 aliphatic rings. The molecule has 0 amide bonds. The van der Waals surface area contributed by atoms with Crippen LogP contribution in [0.25, 0.3) is 0 Å². The van der Waals surface area contributed by atoms with E-state index in [0.717, 1.165) is 23.8 Å². The maximum Gasteiger partial charge on any atom is 0.302 e. The molecule has 35 heavy (non-hydrogen) atoms. The third-order valence-corrected chi connectivity index (χ3v) is 13.8. The number of carbonyl (C=O) groups excluding carboxylic acids is 1. The van der Waals surface area contributed by atoms with Gasteiger partial charge in [0.05, 0.1) is 6.61 Å². The van der Waals surface area contributed by atoms with E-state index in [-0.39, 0.29) is 24.1 Å². The van der Waals surface area contributed by atoms with E-state index in [1.54, 1.807) is 6.92 Å². The lowest BCUT2D eigenvalue weighted by molar-refractivity contribution is -0.249. The van der Waals surface area contributed by atoms with Crippen LogP contribution in [0.1, 0.15) is 113 Å². The van der Waals surface area contributed by atoms with Gasteiger partial charge in [0.15, 0.2) is 0 Å². The molecule has 0 heterocycles. The largest absolute Gasteiger partial charge is 0.462 e. The SMILES string of the molecule is C=C(CO)[C@@H]1CC[C@]2(C)CC[C@]3(C)[C@H](CC[C@@H]4[C@@]5(C)CC[C@H](OC(C)=O)C(C)(C)[C@@H]5CC[C@]43C)[C@@H]12. The lowest BCUT2D eigenvalue weighted by Crippen LogP contribution is -2.66. The topological polar surface area (TPSA) is 46.5 Å². The Balaban J connectivity index is 1.49. The highest BCUT2D eigenvalue weighted by molar-refractivity contribution is 5.66. The minimum Gasteiger partial charge on any atom is -0.462 e. The molecule has 5 fully saturated rings. The zero-order valence-electron chi connectivity index (χ0n) is 23.7. The number of hydrogen-bond donors (Lipinski definition) is 1. The zero-order valence-corrected chi connectivity index (χ0v) is 23.7. The Labute approximate surface area is 214 Å². The molecule has 1 N–H and O–H groups in total. The highest BCUT2D eigenvalue weighted by atomic mass is 16.5. The summed E-state index contributed by atoms with van der Waals surface area (Å²) in [6.45, 7) is 21.4. The van der Waals surface area contributed by atoms with Crippen molar-refractivity contribution in [2.24, 2.45) is 56.7 Å². The predicted octanol–water partition coefficient (Wildman–Crippen LogP) is 7.57. The number of ether oxygens (including phenoxy) is 1. The fourth-order valence-electron chi connectivity index (χ4n) is 11.9. The number of aliphatic hydroxyl groups excluding tert-OH is 1. The molecule has 5 aliphatic carbocycles. The normalized spacial score (nSPS) is 52.5. The second kappa shape index (κ2) is 8.08. The lowest BCUT2D eigenvalue weighted by atomic mass is 9.32. The third-order valence-electron chi connectivity index (χ3n) is 13.8. The molecule has 3 nitrogen and oxygen atoms in total. The van der Waals surface area contributed by atoms with Crippen molar-refractivity contribution in [1.82, 2.24) is 0 Å². The summed E-state index contributed by atoms with van der Waals surface area (Å²) in [7, 11) is 0. The standard InChI is InChI=1S/C32H52O3/c1-20(19-33)22-11-14-29(5)17-18-31(7)23(27(22)29)9-10-25-30(6)15-13-26(35-21(2)34)28(3,4)24(30)12-16-32(25,31)8/h22-27,33H,1,9-19H2,2-8H3/t22-,23+,24-,25+,26-,27+,29+,30-,31+,32+/m0/s1. The Morgan fingerprint density at radius 2 is 1.57 bits per heavy atom. The molecule has 0 radical (unpaired) electrons. The highest BCUT2D eigenvalue weighted by Gasteiger charge is 2.70. The van der Waals surface area contributed by atoms with Gasteiger partial charge in [-0.15, -0.1) is 0 Å². The van der Waals surface area contributed by atoms with Crippen LogP contribution in [0, 0.1) is 56.7 Å². The summed E-state index contributed by atoms with van der Waals surface area (Å²) in [6, 6.07) is 0. The van der Waals surface area contributed by atoms with Gasteiger partial charge in [0, 0.05) is 12.3 Å². The number of hydrogen-bond acceptors (Lipinski definition) is 3. The van der Waals surface area contributed by atoms with Crippen LogP contribution in [-0.4, -0.2) is 23.8 Å². The summed E-state index contributed by atoms with van der Waals surface area (Å²) in [6.07, 6.45) is 12.7. The lowest BCUT2D eigenvalue weighted by Gasteiger charge is -2.73. The molecule has 5 saturated carbocycles. The Kier molecular flexibility index (Phi) is 5.96. The first-order valence-corrected chi connectivity index (χ1v) is 14.7. The molecule has 198 valence electrons. The van der Waals surface area contributed by atoms with Gasteiger partial charge in [-0.25, -0.2) is 0 Å². The molecular formula is C32H52O3. The molecule has 0 aliphatic heterocycles. The maximum absolute atomic E-state index is 11.9. The van der Waals surface area contributed by atoms with Gasteiger partial charge in [0.2, 0.25) is 0 Å². The Bertz CT molecular complexity index is 891. The molecule has 0 bridgehead atoms. The number of fused-ring (bicyclic) bond motifs is 7. The Morgan fingerprint density at radius 3 is 2.23 bits per heavy atom. The van der Waals surface area contributed by atoms with E-state index in [2.05, 4.69) is 48.1 Å². The molecule has 0 aromatic heterocycles. The van der Waals surface area contributed by atoms with Crippen molar-refractivity contribution in [3.05, 3.63) is 12.2 Å². The molecule has 3 heteroatoms. The van der Waals surface area contributed by atoms with E-state index in [9.17, 15) is 9.90 Å². The fraction of sp³-hybridized carbons (Fsp3) is 0.906. The number of esters is 1. The molecule has 0 spiro atoms. The summed E-state index contributed by atoms with van der Waals surface area (Å²) in [5.74, 6) is 3.14.